The Kier molecular flexibility index (Phi) is 15.7. The van der Waals surface area contributed by atoms with Crippen molar-refractivity contribution in [3.8, 4) is 0 Å². The van der Waals surface area contributed by atoms with Gasteiger partial charge in [-0.15, -0.1) is 0 Å². The van der Waals surface area contributed by atoms with E-state index >= 15 is 0 Å². The molecule has 20 heavy (non-hydrogen) atoms. The predicted octanol–water partition coefficient (Wildman–Crippen LogP) is 1.08. The topological polar surface area (TPSA) is 95.4 Å². The van der Waals surface area contributed by atoms with Crippen LogP contribution in [0.4, 0.5) is 0 Å². The molecule has 0 aromatic rings. The summed E-state index contributed by atoms with van der Waals surface area (Å²) in [6.45, 7) is 4.60. The molecule has 0 radical (unpaired) electrons. The zero-order chi connectivity index (χ0) is 14.7. The van der Waals surface area contributed by atoms with Crippen LogP contribution >= 0.6 is 0 Å². The van der Waals surface area contributed by atoms with Gasteiger partial charge in [0.15, 0.2) is 0 Å². The molecular weight excluding hydrogens is 267 g/mol. The van der Waals surface area contributed by atoms with Gasteiger partial charge in [0.1, 0.15) is 6.04 Å². The molecule has 0 saturated heterocycles. The van der Waals surface area contributed by atoms with E-state index in [2.05, 4.69) is 0 Å². The monoisotopic (exact) mass is 296 g/mol. The number of nitrogens with two attached hydrogens (primary N) is 2. The van der Waals surface area contributed by atoms with Gasteiger partial charge in [0.05, 0.1) is 5.92 Å². The van der Waals surface area contributed by atoms with Crippen molar-refractivity contribution in [2.45, 2.75) is 64.8 Å². The first-order valence-electron chi connectivity index (χ1n) is 7.27. The Bertz CT molecular complexity index is 269. The van der Waals surface area contributed by atoms with Crippen molar-refractivity contribution in [3.05, 3.63) is 0 Å². The molecule has 0 saturated carbocycles. The van der Waals surface area contributed by atoms with Crippen molar-refractivity contribution in [3.63, 3.8) is 0 Å². The van der Waals surface area contributed by atoms with Crippen LogP contribution in [0.2, 0.25) is 0 Å². The third-order valence-corrected chi connectivity index (χ3v) is 3.08. The fourth-order valence-corrected chi connectivity index (χ4v) is 1.96. The Morgan fingerprint density at radius 3 is 2.00 bits per heavy atom. The van der Waals surface area contributed by atoms with E-state index in [-0.39, 0.29) is 35.5 Å². The van der Waals surface area contributed by atoms with Gasteiger partial charge in [0.25, 0.3) is 0 Å². The summed E-state index contributed by atoms with van der Waals surface area (Å²) in [4.78, 5) is 23.5. The molecule has 114 valence electrons. The third-order valence-electron chi connectivity index (χ3n) is 3.08. The van der Waals surface area contributed by atoms with Crippen molar-refractivity contribution in [2.75, 3.05) is 6.54 Å². The maximum atomic E-state index is 11.8. The summed E-state index contributed by atoms with van der Waals surface area (Å²) in [7, 11) is 0. The second-order valence-corrected chi connectivity index (χ2v) is 4.91. The van der Waals surface area contributed by atoms with E-state index in [1.807, 2.05) is 13.8 Å². The molecular formula is C14H29N2NaO3. The standard InChI is InChI=1S/C14H28N2O3.Na.H/c1-3-7-11(8-4-2)13(17)19-14(18)12(16)9-5-6-10-15;;/h11-12H,3-10,15-16H2,1-2H3;;/t12-;;/m0../s1. The van der Waals surface area contributed by atoms with E-state index in [1.165, 1.54) is 0 Å². The van der Waals surface area contributed by atoms with E-state index in [4.69, 9.17) is 16.2 Å². The van der Waals surface area contributed by atoms with Crippen LogP contribution in [0.25, 0.3) is 0 Å². The van der Waals surface area contributed by atoms with Gasteiger partial charge in [0.2, 0.25) is 0 Å². The summed E-state index contributed by atoms with van der Waals surface area (Å²) >= 11 is 0. The molecule has 0 spiro atoms. The molecule has 1 atom stereocenters. The Morgan fingerprint density at radius 1 is 1.00 bits per heavy atom. The van der Waals surface area contributed by atoms with Crippen LogP contribution in [0.3, 0.4) is 0 Å². The minimum atomic E-state index is -0.723. The number of hydrogen-bond acceptors (Lipinski definition) is 5. The molecule has 6 heteroatoms. The zero-order valence-corrected chi connectivity index (χ0v) is 12.2. The number of ether oxygens (including phenoxy) is 1. The number of hydrogen-bond donors (Lipinski definition) is 2. The van der Waals surface area contributed by atoms with Crippen molar-refractivity contribution < 1.29 is 14.3 Å². The first kappa shape index (κ1) is 22.3. The third kappa shape index (κ3) is 9.88. The molecule has 5 nitrogen and oxygen atoms in total. The molecule has 0 aromatic carbocycles. The average molecular weight is 296 g/mol. The molecule has 0 aliphatic carbocycles. The molecule has 0 aliphatic rings. The molecule has 0 rings (SSSR count). The molecule has 0 bridgehead atoms. The molecule has 0 aromatic heterocycles. The summed E-state index contributed by atoms with van der Waals surface area (Å²) in [6.07, 6.45) is 5.41. The van der Waals surface area contributed by atoms with E-state index in [0.29, 0.717) is 13.0 Å². The molecule has 0 fully saturated rings. The van der Waals surface area contributed by atoms with Crippen LogP contribution in [0, 0.1) is 5.92 Å². The number of carbonyl (C=O) groups is 2. The van der Waals surface area contributed by atoms with Crippen LogP contribution in [0.1, 0.15) is 58.8 Å². The Hall–Kier alpha value is 0.0600. The first-order valence-corrected chi connectivity index (χ1v) is 7.27. The van der Waals surface area contributed by atoms with Gasteiger partial charge in [-0.1, -0.05) is 33.1 Å². The zero-order valence-electron chi connectivity index (χ0n) is 12.2. The normalized spacial score (nSPS) is 11.8. The van der Waals surface area contributed by atoms with Crippen LogP contribution < -0.4 is 11.5 Å². The Balaban J connectivity index is 0. The number of esters is 2. The second-order valence-electron chi connectivity index (χ2n) is 4.91. The van der Waals surface area contributed by atoms with Gasteiger partial charge in [-0.05, 0) is 32.2 Å². The number of unbranched alkanes of at least 4 members (excludes halogenated alkanes) is 1. The Morgan fingerprint density at radius 2 is 1.55 bits per heavy atom. The maximum absolute atomic E-state index is 11.8. The van der Waals surface area contributed by atoms with Crippen molar-refractivity contribution in [1.82, 2.24) is 0 Å². The molecule has 0 amide bonds. The van der Waals surface area contributed by atoms with Crippen LogP contribution in [0.5, 0.6) is 0 Å². The SMILES string of the molecule is CCCC(CCC)C(=O)OC(=O)[C@@H](N)CCCCN.[NaH]. The van der Waals surface area contributed by atoms with Gasteiger partial charge in [0, 0.05) is 0 Å². The summed E-state index contributed by atoms with van der Waals surface area (Å²) in [5, 5.41) is 0. The minimum absolute atomic E-state index is 0. The van der Waals surface area contributed by atoms with Crippen LogP contribution in [0.15, 0.2) is 0 Å². The van der Waals surface area contributed by atoms with E-state index in [0.717, 1.165) is 38.5 Å². The molecule has 0 heterocycles. The average Bonchev–Trinajstić information content (AvgIpc) is 2.38. The van der Waals surface area contributed by atoms with Gasteiger partial charge in [-0.2, -0.15) is 0 Å². The summed E-state index contributed by atoms with van der Waals surface area (Å²) in [5.41, 5.74) is 11.1. The number of carbonyl (C=O) groups excluding carboxylic acids is 2. The van der Waals surface area contributed by atoms with Crippen molar-refractivity contribution in [2.24, 2.45) is 17.4 Å². The van der Waals surface area contributed by atoms with Gasteiger partial charge in [-0.25, -0.2) is 4.79 Å². The van der Waals surface area contributed by atoms with Crippen molar-refractivity contribution in [1.29, 1.82) is 0 Å². The van der Waals surface area contributed by atoms with E-state index in [9.17, 15) is 9.59 Å². The summed E-state index contributed by atoms with van der Waals surface area (Å²) in [6, 6.07) is -0.723. The van der Waals surface area contributed by atoms with Gasteiger partial charge in [-0.3, -0.25) is 4.79 Å². The Labute approximate surface area is 144 Å². The summed E-state index contributed by atoms with van der Waals surface area (Å²) < 4.78 is 4.88. The van der Waals surface area contributed by atoms with Crippen molar-refractivity contribution >= 4 is 41.5 Å². The number of rotatable bonds is 10. The van der Waals surface area contributed by atoms with Crippen LogP contribution in [-0.2, 0) is 14.3 Å². The first-order chi connectivity index (χ1) is 9.06. The second kappa shape index (κ2) is 14.0. The predicted molar refractivity (Wildman–Crippen MR) is 82.4 cm³/mol. The fraction of sp³-hybridized carbons (Fsp3) is 0.857. The van der Waals surface area contributed by atoms with Gasteiger partial charge < -0.3 is 16.2 Å². The van der Waals surface area contributed by atoms with Crippen LogP contribution in [-0.4, -0.2) is 54.1 Å². The quantitative estimate of drug-likeness (QED) is 0.272. The fourth-order valence-electron chi connectivity index (χ4n) is 1.96. The van der Waals surface area contributed by atoms with E-state index in [1.54, 1.807) is 0 Å². The van der Waals surface area contributed by atoms with E-state index < -0.39 is 18.0 Å². The molecule has 0 unspecified atom stereocenters. The molecule has 4 N–H and O–H groups in total. The summed E-state index contributed by atoms with van der Waals surface area (Å²) in [5.74, 6) is -1.22. The van der Waals surface area contributed by atoms with Gasteiger partial charge >= 0.3 is 41.5 Å². The molecule has 0 aliphatic heterocycles.